The molecule has 0 saturated carbocycles. The fraction of sp³-hybridized carbons (Fsp3) is 0.125. The Kier molecular flexibility index (Phi) is 2.66. The van der Waals surface area contributed by atoms with Gasteiger partial charge in [-0.1, -0.05) is 6.07 Å². The highest BCUT2D eigenvalue weighted by atomic mass is 16.6. The summed E-state index contributed by atoms with van der Waals surface area (Å²) >= 11 is 0. The zero-order valence-corrected chi connectivity index (χ0v) is 7.14. The highest BCUT2D eigenvalue weighted by Gasteiger charge is 2.18. The number of carboxylic acids is 1. The molecule has 0 aliphatic carbocycles. The van der Waals surface area contributed by atoms with Gasteiger partial charge in [-0.3, -0.25) is 14.9 Å². The van der Waals surface area contributed by atoms with Gasteiger partial charge in [0, 0.05) is 11.8 Å². The lowest BCUT2D eigenvalue weighted by Crippen LogP contribution is -2.06. The van der Waals surface area contributed by atoms with E-state index in [1.165, 1.54) is 18.2 Å². The lowest BCUT2D eigenvalue weighted by Gasteiger charge is -2.02. The van der Waals surface area contributed by atoms with Crippen LogP contribution in [0.2, 0.25) is 0 Å². The lowest BCUT2D eigenvalue weighted by atomic mass is 10.1. The van der Waals surface area contributed by atoms with Crippen molar-refractivity contribution in [2.45, 2.75) is 6.42 Å². The van der Waals surface area contributed by atoms with Crippen molar-refractivity contribution in [3.8, 4) is 0 Å². The second-order valence-electron chi connectivity index (χ2n) is 2.67. The van der Waals surface area contributed by atoms with Crippen molar-refractivity contribution in [2.75, 3.05) is 5.73 Å². The quantitative estimate of drug-likeness (QED) is 0.422. The Morgan fingerprint density at radius 3 is 2.71 bits per heavy atom. The molecule has 3 N–H and O–H groups in total. The van der Waals surface area contributed by atoms with E-state index in [1.807, 2.05) is 0 Å². The molecule has 1 aromatic carbocycles. The van der Waals surface area contributed by atoms with Gasteiger partial charge in [0.1, 0.15) is 0 Å². The van der Waals surface area contributed by atoms with Crippen LogP contribution in [0, 0.1) is 10.1 Å². The van der Waals surface area contributed by atoms with Crippen molar-refractivity contribution in [3.05, 3.63) is 33.9 Å². The Balaban J connectivity index is 3.22. The summed E-state index contributed by atoms with van der Waals surface area (Å²) in [7, 11) is 0. The molecule has 0 fully saturated rings. The minimum Gasteiger partial charge on any atom is -0.481 e. The van der Waals surface area contributed by atoms with Crippen LogP contribution in [-0.4, -0.2) is 16.0 Å². The topological polar surface area (TPSA) is 106 Å². The number of aliphatic carboxylic acids is 1. The van der Waals surface area contributed by atoms with Gasteiger partial charge in [0.15, 0.2) is 0 Å². The van der Waals surface area contributed by atoms with Crippen molar-refractivity contribution in [2.24, 2.45) is 0 Å². The summed E-state index contributed by atoms with van der Waals surface area (Å²) in [5.74, 6) is -1.15. The van der Waals surface area contributed by atoms with Crippen LogP contribution in [0.1, 0.15) is 5.56 Å². The van der Waals surface area contributed by atoms with E-state index in [9.17, 15) is 14.9 Å². The van der Waals surface area contributed by atoms with Gasteiger partial charge in [0.2, 0.25) is 0 Å². The molecule has 0 aromatic heterocycles. The summed E-state index contributed by atoms with van der Waals surface area (Å²) in [4.78, 5) is 20.3. The predicted octanol–water partition coefficient (Wildman–Crippen LogP) is 0.804. The molecule has 6 heteroatoms. The Labute approximate surface area is 79.1 Å². The van der Waals surface area contributed by atoms with Crippen LogP contribution in [0.4, 0.5) is 11.4 Å². The largest absolute Gasteiger partial charge is 0.481 e. The number of anilines is 1. The minimum absolute atomic E-state index is 0.0463. The number of nitrogens with zero attached hydrogens (tertiary/aromatic N) is 1. The summed E-state index contributed by atoms with van der Waals surface area (Å²) in [5.41, 5.74) is 5.36. The number of benzene rings is 1. The van der Waals surface area contributed by atoms with Crippen LogP contribution in [-0.2, 0) is 11.2 Å². The second-order valence-corrected chi connectivity index (χ2v) is 2.67. The number of nitro groups is 1. The van der Waals surface area contributed by atoms with Gasteiger partial charge in [-0.25, -0.2) is 0 Å². The first-order chi connectivity index (χ1) is 6.52. The maximum atomic E-state index is 10.5. The third-order valence-electron chi connectivity index (χ3n) is 1.71. The number of carboxylic acid groups (broad SMARTS) is 1. The van der Waals surface area contributed by atoms with Crippen LogP contribution in [0.15, 0.2) is 18.2 Å². The van der Waals surface area contributed by atoms with Gasteiger partial charge < -0.3 is 10.8 Å². The molecule has 0 amide bonds. The van der Waals surface area contributed by atoms with E-state index in [1.54, 1.807) is 0 Å². The molecule has 14 heavy (non-hydrogen) atoms. The molecule has 1 rings (SSSR count). The van der Waals surface area contributed by atoms with E-state index in [4.69, 9.17) is 10.8 Å². The first-order valence-corrected chi connectivity index (χ1v) is 3.76. The summed E-state index contributed by atoms with van der Waals surface area (Å²) in [6, 6.07) is 4.08. The molecular formula is C8H8N2O4. The Morgan fingerprint density at radius 2 is 2.21 bits per heavy atom. The first-order valence-electron chi connectivity index (χ1n) is 3.76. The third kappa shape index (κ3) is 1.98. The molecule has 74 valence electrons. The van der Waals surface area contributed by atoms with E-state index in [-0.39, 0.29) is 16.9 Å². The van der Waals surface area contributed by atoms with Gasteiger partial charge in [0.05, 0.1) is 16.9 Å². The highest BCUT2D eigenvalue weighted by Crippen LogP contribution is 2.24. The maximum Gasteiger partial charge on any atom is 0.308 e. The standard InChI is InChI=1S/C8H8N2O4/c9-6-2-1-3-7(10(13)14)5(6)4-8(11)12/h1-3H,4,9H2,(H,11,12). The van der Waals surface area contributed by atoms with Crippen LogP contribution in [0.5, 0.6) is 0 Å². The molecule has 0 saturated heterocycles. The van der Waals surface area contributed by atoms with Crippen molar-refractivity contribution in [1.82, 2.24) is 0 Å². The predicted molar refractivity (Wildman–Crippen MR) is 48.8 cm³/mol. The molecule has 0 atom stereocenters. The summed E-state index contributed by atoms with van der Waals surface area (Å²) in [5, 5.41) is 19.0. The number of hydrogen-bond acceptors (Lipinski definition) is 4. The summed E-state index contributed by atoms with van der Waals surface area (Å²) < 4.78 is 0. The number of nitrogens with two attached hydrogens (primary N) is 1. The molecule has 0 radical (unpaired) electrons. The maximum absolute atomic E-state index is 10.5. The van der Waals surface area contributed by atoms with E-state index in [2.05, 4.69) is 0 Å². The average molecular weight is 196 g/mol. The Hall–Kier alpha value is -2.11. The minimum atomic E-state index is -1.15. The van der Waals surface area contributed by atoms with Crippen molar-refractivity contribution < 1.29 is 14.8 Å². The zero-order valence-electron chi connectivity index (χ0n) is 7.14. The van der Waals surface area contributed by atoms with E-state index < -0.39 is 17.3 Å². The van der Waals surface area contributed by atoms with E-state index >= 15 is 0 Å². The van der Waals surface area contributed by atoms with Gasteiger partial charge in [-0.2, -0.15) is 0 Å². The van der Waals surface area contributed by atoms with Crippen LogP contribution >= 0.6 is 0 Å². The first kappa shape index (κ1) is 9.97. The molecule has 0 heterocycles. The molecule has 0 spiro atoms. The van der Waals surface area contributed by atoms with Gasteiger partial charge >= 0.3 is 5.97 Å². The SMILES string of the molecule is Nc1cccc([N+](=O)[O-])c1CC(=O)O. The van der Waals surface area contributed by atoms with Gasteiger partial charge in [0.25, 0.3) is 5.69 Å². The van der Waals surface area contributed by atoms with Crippen LogP contribution in [0.25, 0.3) is 0 Å². The van der Waals surface area contributed by atoms with Crippen LogP contribution < -0.4 is 5.73 Å². The lowest BCUT2D eigenvalue weighted by molar-refractivity contribution is -0.385. The fourth-order valence-electron chi connectivity index (χ4n) is 1.11. The van der Waals surface area contributed by atoms with Gasteiger partial charge in [-0.05, 0) is 6.07 Å². The molecule has 0 bridgehead atoms. The molecular weight excluding hydrogens is 188 g/mol. The molecule has 1 aromatic rings. The number of nitro benzene ring substituents is 1. The summed E-state index contributed by atoms with van der Waals surface area (Å²) in [6.45, 7) is 0. The van der Waals surface area contributed by atoms with Crippen molar-refractivity contribution in [1.29, 1.82) is 0 Å². The zero-order chi connectivity index (χ0) is 10.7. The third-order valence-corrected chi connectivity index (χ3v) is 1.71. The Bertz CT molecular complexity index is 389. The number of rotatable bonds is 3. The van der Waals surface area contributed by atoms with E-state index in [0.29, 0.717) is 0 Å². The Morgan fingerprint density at radius 1 is 1.57 bits per heavy atom. The monoisotopic (exact) mass is 196 g/mol. The molecule has 6 nitrogen and oxygen atoms in total. The van der Waals surface area contributed by atoms with Crippen molar-refractivity contribution >= 4 is 17.3 Å². The fourth-order valence-corrected chi connectivity index (χ4v) is 1.11. The van der Waals surface area contributed by atoms with Gasteiger partial charge in [-0.15, -0.1) is 0 Å². The second kappa shape index (κ2) is 3.73. The molecule has 0 aliphatic rings. The smallest absolute Gasteiger partial charge is 0.308 e. The van der Waals surface area contributed by atoms with Crippen LogP contribution in [0.3, 0.4) is 0 Å². The normalized spacial score (nSPS) is 9.71. The number of carbonyl (C=O) groups is 1. The number of nitrogen functional groups attached to an aromatic ring is 1. The average Bonchev–Trinajstić information content (AvgIpc) is 2.07. The summed E-state index contributed by atoms with van der Waals surface area (Å²) in [6.07, 6.45) is -0.441. The molecule has 0 aliphatic heterocycles. The van der Waals surface area contributed by atoms with E-state index in [0.717, 1.165) is 0 Å². The van der Waals surface area contributed by atoms with Crippen molar-refractivity contribution in [3.63, 3.8) is 0 Å². The molecule has 0 unspecified atom stereocenters. The highest BCUT2D eigenvalue weighted by molar-refractivity contribution is 5.75. The number of hydrogen-bond donors (Lipinski definition) is 2.